The van der Waals surface area contributed by atoms with E-state index >= 15 is 0 Å². The molecule has 43 heavy (non-hydrogen) atoms. The third-order valence-corrected chi connectivity index (χ3v) is 8.18. The van der Waals surface area contributed by atoms with Crippen molar-refractivity contribution in [1.29, 1.82) is 0 Å². The van der Waals surface area contributed by atoms with E-state index in [1.54, 1.807) is 0 Å². The van der Waals surface area contributed by atoms with Crippen molar-refractivity contribution in [2.24, 2.45) is 0 Å². The zero-order chi connectivity index (χ0) is 36.2. The predicted molar refractivity (Wildman–Crippen MR) is 183 cm³/mol. The molecule has 9 rings (SSSR count). The molecule has 0 saturated carbocycles. The summed E-state index contributed by atoms with van der Waals surface area (Å²) < 4.78 is 84.4. The molecule has 0 amide bonds. The molecular weight excluding hydrogens is 520 g/mol. The third kappa shape index (κ3) is 3.79. The molecule has 1 aromatic heterocycles. The van der Waals surface area contributed by atoms with E-state index in [0.717, 1.165) is 54.6 Å². The molecule has 0 spiro atoms. The molecule has 0 unspecified atom stereocenters. The molecule has 0 aliphatic heterocycles. The van der Waals surface area contributed by atoms with Gasteiger partial charge in [-0.2, -0.15) is 0 Å². The van der Waals surface area contributed by atoms with Crippen LogP contribution in [-0.4, -0.2) is 0 Å². The van der Waals surface area contributed by atoms with Crippen molar-refractivity contribution in [2.45, 2.75) is 0 Å². The largest absolute Gasteiger partial charge is 0.456 e. The van der Waals surface area contributed by atoms with Crippen molar-refractivity contribution in [3.8, 4) is 33.4 Å². The minimum Gasteiger partial charge on any atom is -0.456 e. The second-order valence-corrected chi connectivity index (χ2v) is 10.6. The SMILES string of the molecule is [2H]c1c([2H])c([2H])c(-c2c([2H])c([2H])c(-c3c4ccccc4c(-c4ccc5c(c4)oc4cc6ccccc6cc45)c4ccccc34)c([2H])c2[2H])c([2H])c1[2H]. The number of hydrogen-bond donors (Lipinski definition) is 0. The van der Waals surface area contributed by atoms with E-state index < -0.39 is 42.3 Å². The molecule has 0 aliphatic carbocycles. The average Bonchev–Trinajstić information content (AvgIpc) is 3.52. The standard InChI is InChI=1S/C42H26O/c1-2-10-27(11-3-1)28-18-20-29(21-19-28)41-34-14-6-8-16-36(34)42(37-17-9-7-15-35(37)41)32-22-23-33-38-24-30-12-4-5-13-31(30)25-40(38)43-39(33)26-32/h1-26H/i1D,2D,3D,10D,11D,18D,19D,20D,21D. The van der Waals surface area contributed by atoms with Gasteiger partial charge < -0.3 is 4.42 Å². The van der Waals surface area contributed by atoms with E-state index in [9.17, 15) is 2.74 Å². The Hall–Kier alpha value is -5.66. The molecule has 1 nitrogen and oxygen atoms in total. The summed E-state index contributed by atoms with van der Waals surface area (Å²) in [5.74, 6) is 0. The molecule has 200 valence electrons. The lowest BCUT2D eigenvalue weighted by Gasteiger charge is -2.18. The van der Waals surface area contributed by atoms with Gasteiger partial charge in [0.15, 0.2) is 0 Å². The molecule has 1 heterocycles. The Morgan fingerprint density at radius 3 is 1.53 bits per heavy atom. The number of rotatable bonds is 3. The summed E-state index contributed by atoms with van der Waals surface area (Å²) in [5, 5.41) is 7.35. The Morgan fingerprint density at radius 2 is 0.884 bits per heavy atom. The zero-order valence-electron chi connectivity index (χ0n) is 31.7. The lowest BCUT2D eigenvalue weighted by atomic mass is 9.85. The first-order chi connectivity index (χ1) is 25.1. The summed E-state index contributed by atoms with van der Waals surface area (Å²) >= 11 is 0. The van der Waals surface area contributed by atoms with Crippen molar-refractivity contribution in [3.05, 3.63) is 158 Å². The second-order valence-electron chi connectivity index (χ2n) is 10.6. The van der Waals surface area contributed by atoms with Gasteiger partial charge in [-0.1, -0.05) is 133 Å². The van der Waals surface area contributed by atoms with Crippen LogP contribution in [0.4, 0.5) is 0 Å². The molecular formula is C42H26O. The van der Waals surface area contributed by atoms with E-state index in [-0.39, 0.29) is 28.8 Å². The smallest absolute Gasteiger partial charge is 0.136 e. The minimum atomic E-state index is -0.612. The van der Waals surface area contributed by atoms with Gasteiger partial charge in [0.2, 0.25) is 0 Å². The molecule has 0 N–H and O–H groups in total. The molecule has 0 radical (unpaired) electrons. The maximum Gasteiger partial charge on any atom is 0.136 e. The van der Waals surface area contributed by atoms with E-state index in [1.165, 1.54) is 0 Å². The fraction of sp³-hybridized carbons (Fsp3) is 0. The van der Waals surface area contributed by atoms with Crippen LogP contribution < -0.4 is 0 Å². The molecule has 0 saturated heterocycles. The van der Waals surface area contributed by atoms with Crippen LogP contribution in [0.3, 0.4) is 0 Å². The van der Waals surface area contributed by atoms with Crippen LogP contribution >= 0.6 is 0 Å². The van der Waals surface area contributed by atoms with Crippen LogP contribution in [0.2, 0.25) is 0 Å². The molecule has 8 aromatic carbocycles. The monoisotopic (exact) mass is 555 g/mol. The predicted octanol–water partition coefficient (Wildman–Crippen LogP) is 12.0. The van der Waals surface area contributed by atoms with Crippen LogP contribution in [0, 0.1) is 0 Å². The summed E-state index contributed by atoms with van der Waals surface area (Å²) in [4.78, 5) is 0. The quantitative estimate of drug-likeness (QED) is 0.198. The lowest BCUT2D eigenvalue weighted by molar-refractivity contribution is 0.669. The number of furan rings is 1. The highest BCUT2D eigenvalue weighted by molar-refractivity contribution is 6.22. The Morgan fingerprint density at radius 1 is 0.372 bits per heavy atom. The van der Waals surface area contributed by atoms with Gasteiger partial charge >= 0.3 is 0 Å². The molecule has 0 atom stereocenters. The first-order valence-corrected chi connectivity index (χ1v) is 14.0. The Balaban J connectivity index is 1.32. The van der Waals surface area contributed by atoms with Gasteiger partial charge in [-0.15, -0.1) is 0 Å². The van der Waals surface area contributed by atoms with Gasteiger partial charge in [-0.25, -0.2) is 0 Å². The van der Waals surface area contributed by atoms with Crippen LogP contribution in [0.25, 0.3) is 87.6 Å². The van der Waals surface area contributed by atoms with Gasteiger partial charge in [-0.05, 0) is 90.0 Å². The first-order valence-electron chi connectivity index (χ1n) is 18.5. The zero-order valence-corrected chi connectivity index (χ0v) is 22.7. The van der Waals surface area contributed by atoms with Crippen LogP contribution in [0.5, 0.6) is 0 Å². The highest BCUT2D eigenvalue weighted by Crippen LogP contribution is 2.45. The van der Waals surface area contributed by atoms with E-state index in [2.05, 4.69) is 36.4 Å². The van der Waals surface area contributed by atoms with Crippen LogP contribution in [0.15, 0.2) is 162 Å². The van der Waals surface area contributed by atoms with Gasteiger partial charge in [0.05, 0.1) is 12.3 Å². The number of benzene rings is 8. The molecule has 9 aromatic rings. The van der Waals surface area contributed by atoms with Crippen molar-refractivity contribution < 1.29 is 16.8 Å². The fourth-order valence-corrected chi connectivity index (χ4v) is 6.26. The van der Waals surface area contributed by atoms with Gasteiger partial charge in [0.1, 0.15) is 11.2 Å². The minimum absolute atomic E-state index is 0.0601. The van der Waals surface area contributed by atoms with Gasteiger partial charge in [0.25, 0.3) is 0 Å². The van der Waals surface area contributed by atoms with Crippen LogP contribution in [0.1, 0.15) is 12.3 Å². The van der Waals surface area contributed by atoms with Crippen LogP contribution in [-0.2, 0) is 0 Å². The van der Waals surface area contributed by atoms with E-state index in [4.69, 9.17) is 14.0 Å². The lowest BCUT2D eigenvalue weighted by Crippen LogP contribution is -1.91. The maximum absolute atomic E-state index is 9.26. The molecule has 0 bridgehead atoms. The highest BCUT2D eigenvalue weighted by atomic mass is 16.3. The fourth-order valence-electron chi connectivity index (χ4n) is 6.26. The normalized spacial score (nSPS) is 14.7. The second kappa shape index (κ2) is 9.44. The Kier molecular flexibility index (Phi) is 3.67. The molecule has 0 aliphatic rings. The summed E-state index contributed by atoms with van der Waals surface area (Å²) in [6.45, 7) is 0. The van der Waals surface area contributed by atoms with E-state index in [1.807, 2.05) is 66.7 Å². The maximum atomic E-state index is 9.26. The number of hydrogen-bond acceptors (Lipinski definition) is 1. The summed E-state index contributed by atoms with van der Waals surface area (Å²) in [6.07, 6.45) is 0. The topological polar surface area (TPSA) is 13.1 Å². The van der Waals surface area contributed by atoms with Crippen molar-refractivity contribution in [1.82, 2.24) is 0 Å². The van der Waals surface area contributed by atoms with Crippen molar-refractivity contribution >= 4 is 54.3 Å². The Labute approximate surface area is 261 Å². The van der Waals surface area contributed by atoms with Crippen molar-refractivity contribution in [2.75, 3.05) is 0 Å². The highest BCUT2D eigenvalue weighted by Gasteiger charge is 2.18. The summed E-state index contributed by atoms with van der Waals surface area (Å²) in [6, 6.07) is 29.2. The Bertz CT molecular complexity index is 2900. The first kappa shape index (κ1) is 16.7. The third-order valence-electron chi connectivity index (χ3n) is 8.18. The average molecular weight is 556 g/mol. The molecule has 1 heteroatoms. The number of fused-ring (bicyclic) bond motifs is 6. The van der Waals surface area contributed by atoms with Crippen molar-refractivity contribution in [3.63, 3.8) is 0 Å². The van der Waals surface area contributed by atoms with Gasteiger partial charge in [0, 0.05) is 10.8 Å². The molecule has 0 fully saturated rings. The van der Waals surface area contributed by atoms with Gasteiger partial charge in [-0.3, -0.25) is 0 Å². The van der Waals surface area contributed by atoms with E-state index in [0.29, 0.717) is 16.3 Å². The summed E-state index contributed by atoms with van der Waals surface area (Å²) in [5.41, 5.74) is 3.23. The summed E-state index contributed by atoms with van der Waals surface area (Å²) in [7, 11) is 0.